The van der Waals surface area contributed by atoms with Crippen molar-refractivity contribution in [2.45, 2.75) is 93.5 Å². The highest BCUT2D eigenvalue weighted by atomic mass is 15.1. The monoisotopic (exact) mass is 361 g/mol. The van der Waals surface area contributed by atoms with Crippen molar-refractivity contribution < 1.29 is 0 Å². The molecule has 0 aliphatic carbocycles. The van der Waals surface area contributed by atoms with Crippen LogP contribution in [0.2, 0.25) is 0 Å². The summed E-state index contributed by atoms with van der Waals surface area (Å²) in [5.74, 6) is 1.83. The summed E-state index contributed by atoms with van der Waals surface area (Å²) in [4.78, 5) is 9.63. The van der Waals surface area contributed by atoms with Crippen LogP contribution >= 0.6 is 0 Å². The predicted octanol–water partition coefficient (Wildman–Crippen LogP) is 6.57. The molecule has 0 aliphatic heterocycles. The summed E-state index contributed by atoms with van der Waals surface area (Å²) in [6, 6.07) is 0.230. The van der Waals surface area contributed by atoms with Gasteiger partial charge in [-0.3, -0.25) is 9.98 Å². The van der Waals surface area contributed by atoms with Crippen LogP contribution in [0.5, 0.6) is 0 Å². The van der Waals surface area contributed by atoms with Crippen molar-refractivity contribution >= 4 is 11.7 Å². The average Bonchev–Trinajstić information content (AvgIpc) is 2.53. The summed E-state index contributed by atoms with van der Waals surface area (Å²) in [6.07, 6.45) is 9.83. The van der Waals surface area contributed by atoms with Gasteiger partial charge in [-0.15, -0.1) is 0 Å². The second-order valence-corrected chi connectivity index (χ2v) is 8.83. The predicted molar refractivity (Wildman–Crippen MR) is 119 cm³/mol. The largest absolute Gasteiger partial charge is 0.328 e. The van der Waals surface area contributed by atoms with Gasteiger partial charge in [0.1, 0.15) is 11.7 Å². The fourth-order valence-corrected chi connectivity index (χ4v) is 3.10. The summed E-state index contributed by atoms with van der Waals surface area (Å²) < 4.78 is 0. The number of hydrogen-bond donors (Lipinski definition) is 1. The third-order valence-corrected chi connectivity index (χ3v) is 4.85. The molecule has 0 radical (unpaired) electrons. The minimum atomic E-state index is -0.00958. The second-order valence-electron chi connectivity index (χ2n) is 8.83. The highest BCUT2D eigenvalue weighted by molar-refractivity contribution is 6.11. The molecule has 0 saturated carbocycles. The standard InChI is InChI=1S/C23H43N3/c1-11-14-15-17-23(8,9)21(24-10)26-20(18(4)16-12-2)25-19(13-3)22(5,6)7/h12,16,19H,4,11,13-15,17H2,1-3,5-10H3,(H,24,25,26). The van der Waals surface area contributed by atoms with Crippen LogP contribution in [0, 0.1) is 10.8 Å². The van der Waals surface area contributed by atoms with E-state index in [1.807, 2.05) is 26.1 Å². The van der Waals surface area contributed by atoms with Gasteiger partial charge < -0.3 is 5.32 Å². The lowest BCUT2D eigenvalue weighted by atomic mass is 9.84. The van der Waals surface area contributed by atoms with Gasteiger partial charge in [-0.25, -0.2) is 0 Å². The van der Waals surface area contributed by atoms with E-state index < -0.39 is 0 Å². The van der Waals surface area contributed by atoms with Crippen LogP contribution < -0.4 is 5.32 Å². The van der Waals surface area contributed by atoms with Gasteiger partial charge in [-0.05, 0) is 25.2 Å². The van der Waals surface area contributed by atoms with Crippen LogP contribution in [0.4, 0.5) is 0 Å². The van der Waals surface area contributed by atoms with Crippen molar-refractivity contribution in [3.63, 3.8) is 0 Å². The number of amidine groups is 2. The van der Waals surface area contributed by atoms with Crippen molar-refractivity contribution in [3.05, 3.63) is 24.3 Å². The number of nitrogens with one attached hydrogen (secondary N) is 1. The molecule has 150 valence electrons. The highest BCUT2D eigenvalue weighted by Gasteiger charge is 2.27. The van der Waals surface area contributed by atoms with E-state index in [2.05, 4.69) is 65.4 Å². The highest BCUT2D eigenvalue weighted by Crippen LogP contribution is 2.27. The van der Waals surface area contributed by atoms with E-state index in [0.29, 0.717) is 0 Å². The van der Waals surface area contributed by atoms with Crippen LogP contribution in [-0.4, -0.2) is 24.8 Å². The topological polar surface area (TPSA) is 36.8 Å². The van der Waals surface area contributed by atoms with Crippen LogP contribution in [-0.2, 0) is 0 Å². The number of hydrogen-bond acceptors (Lipinski definition) is 2. The van der Waals surface area contributed by atoms with Crippen molar-refractivity contribution in [2.24, 2.45) is 20.8 Å². The minimum Gasteiger partial charge on any atom is -0.328 e. The lowest BCUT2D eigenvalue weighted by Crippen LogP contribution is -2.42. The van der Waals surface area contributed by atoms with E-state index in [-0.39, 0.29) is 16.9 Å². The number of allylic oxidation sites excluding steroid dienone is 1. The molecule has 1 N–H and O–H groups in total. The van der Waals surface area contributed by atoms with E-state index in [1.54, 1.807) is 0 Å². The van der Waals surface area contributed by atoms with E-state index in [0.717, 1.165) is 30.1 Å². The van der Waals surface area contributed by atoms with Gasteiger partial charge >= 0.3 is 0 Å². The molecule has 1 unspecified atom stereocenters. The van der Waals surface area contributed by atoms with Gasteiger partial charge in [0, 0.05) is 18.0 Å². The Bertz CT molecular complexity index is 516. The first kappa shape index (κ1) is 24.6. The SMILES string of the molecule is C=C(C=CC)C(=NC(CC)C(C)(C)C)NC(=NC)C(C)(C)CCCCC. The normalized spacial score (nSPS) is 15.4. The Labute approximate surface area is 163 Å². The average molecular weight is 362 g/mol. The Kier molecular flexibility index (Phi) is 10.8. The second kappa shape index (κ2) is 11.4. The molecule has 3 nitrogen and oxygen atoms in total. The Morgan fingerprint density at radius 2 is 1.73 bits per heavy atom. The maximum Gasteiger partial charge on any atom is 0.133 e. The zero-order chi connectivity index (χ0) is 20.4. The molecule has 0 rings (SSSR count). The van der Waals surface area contributed by atoms with Crippen molar-refractivity contribution in [1.82, 2.24) is 5.32 Å². The van der Waals surface area contributed by atoms with E-state index >= 15 is 0 Å². The number of unbranched alkanes of at least 4 members (excludes halogenated alkanes) is 2. The molecule has 0 amide bonds. The van der Waals surface area contributed by atoms with Crippen LogP contribution in [0.25, 0.3) is 0 Å². The van der Waals surface area contributed by atoms with Crippen LogP contribution in [0.15, 0.2) is 34.3 Å². The Morgan fingerprint density at radius 3 is 2.15 bits per heavy atom. The number of nitrogens with zero attached hydrogens (tertiary/aromatic N) is 2. The van der Waals surface area contributed by atoms with Gasteiger partial charge in [0.05, 0.1) is 6.04 Å². The molecule has 0 heterocycles. The lowest BCUT2D eigenvalue weighted by Gasteiger charge is -2.30. The van der Waals surface area contributed by atoms with E-state index in [9.17, 15) is 0 Å². The zero-order valence-corrected chi connectivity index (χ0v) is 18.9. The fraction of sp³-hybridized carbons (Fsp3) is 0.739. The smallest absolute Gasteiger partial charge is 0.133 e. The first-order valence-corrected chi connectivity index (χ1v) is 10.2. The van der Waals surface area contributed by atoms with Crippen molar-refractivity contribution in [2.75, 3.05) is 7.05 Å². The Hall–Kier alpha value is -1.38. The molecule has 1 atom stereocenters. The number of rotatable bonds is 9. The molecule has 0 aromatic rings. The molecule has 0 spiro atoms. The first-order chi connectivity index (χ1) is 12.0. The molecule has 3 heteroatoms. The quantitative estimate of drug-likeness (QED) is 0.214. The molecular weight excluding hydrogens is 318 g/mol. The third kappa shape index (κ3) is 8.33. The lowest BCUT2D eigenvalue weighted by molar-refractivity contribution is 0.315. The molecule has 0 saturated heterocycles. The summed E-state index contributed by atoms with van der Waals surface area (Å²) in [6.45, 7) is 21.9. The van der Waals surface area contributed by atoms with Crippen LogP contribution in [0.3, 0.4) is 0 Å². The molecule has 0 aromatic carbocycles. The molecule has 0 aliphatic rings. The summed E-state index contributed by atoms with van der Waals surface area (Å²) in [5, 5.41) is 3.54. The summed E-state index contributed by atoms with van der Waals surface area (Å²) >= 11 is 0. The molecular formula is C23H43N3. The van der Waals surface area contributed by atoms with Gasteiger partial charge in [0.2, 0.25) is 0 Å². The van der Waals surface area contributed by atoms with Gasteiger partial charge in [0.15, 0.2) is 0 Å². The molecule has 26 heavy (non-hydrogen) atoms. The third-order valence-electron chi connectivity index (χ3n) is 4.85. The van der Waals surface area contributed by atoms with E-state index in [1.165, 1.54) is 19.3 Å². The fourth-order valence-electron chi connectivity index (χ4n) is 3.10. The van der Waals surface area contributed by atoms with Gasteiger partial charge in [-0.1, -0.05) is 86.5 Å². The number of aliphatic imine (C=N–C) groups is 2. The van der Waals surface area contributed by atoms with Crippen LogP contribution in [0.1, 0.15) is 87.5 Å². The summed E-state index contributed by atoms with van der Waals surface area (Å²) in [5.41, 5.74) is 1.00. The van der Waals surface area contributed by atoms with Gasteiger partial charge in [-0.2, -0.15) is 0 Å². The first-order valence-electron chi connectivity index (χ1n) is 10.2. The van der Waals surface area contributed by atoms with Crippen molar-refractivity contribution in [1.29, 1.82) is 0 Å². The maximum absolute atomic E-state index is 5.06. The van der Waals surface area contributed by atoms with Crippen molar-refractivity contribution in [3.8, 4) is 0 Å². The minimum absolute atomic E-state index is 0.00958. The molecule has 0 aromatic heterocycles. The zero-order valence-electron chi connectivity index (χ0n) is 18.9. The Balaban J connectivity index is 5.68. The molecule has 0 fully saturated rings. The van der Waals surface area contributed by atoms with E-state index in [4.69, 9.17) is 4.99 Å². The Morgan fingerprint density at radius 1 is 1.12 bits per heavy atom. The maximum atomic E-state index is 5.06. The summed E-state index contributed by atoms with van der Waals surface area (Å²) in [7, 11) is 1.86. The molecule has 0 bridgehead atoms. The van der Waals surface area contributed by atoms with Gasteiger partial charge in [0.25, 0.3) is 0 Å².